The third kappa shape index (κ3) is 4.52. The molecule has 0 aromatic carbocycles. The van der Waals surface area contributed by atoms with Crippen LogP contribution in [0.1, 0.15) is 34.1 Å². The van der Waals surface area contributed by atoms with Crippen molar-refractivity contribution >= 4 is 5.97 Å². The Kier molecular flexibility index (Phi) is 5.90. The van der Waals surface area contributed by atoms with E-state index in [1.165, 1.54) is 0 Å². The van der Waals surface area contributed by atoms with Crippen LogP contribution in [0.5, 0.6) is 0 Å². The van der Waals surface area contributed by atoms with Crippen molar-refractivity contribution in [2.45, 2.75) is 34.1 Å². The summed E-state index contributed by atoms with van der Waals surface area (Å²) in [5.41, 5.74) is 1.02. The summed E-state index contributed by atoms with van der Waals surface area (Å²) in [6.07, 6.45) is 11.7. The summed E-state index contributed by atoms with van der Waals surface area (Å²) < 4.78 is 5.05. The Balaban J connectivity index is 2.67. The normalized spacial score (nSPS) is 20.5. The average molecular weight is 248 g/mol. The highest BCUT2D eigenvalue weighted by Crippen LogP contribution is 2.22. The molecule has 18 heavy (non-hydrogen) atoms. The quantitative estimate of drug-likeness (QED) is 0.690. The van der Waals surface area contributed by atoms with Crippen LogP contribution in [0.25, 0.3) is 0 Å². The zero-order valence-electron chi connectivity index (χ0n) is 11.8. The zero-order valence-corrected chi connectivity index (χ0v) is 11.8. The predicted molar refractivity (Wildman–Crippen MR) is 75.1 cm³/mol. The summed E-state index contributed by atoms with van der Waals surface area (Å²) >= 11 is 0. The molecule has 0 heterocycles. The van der Waals surface area contributed by atoms with E-state index >= 15 is 0 Å². The number of rotatable bonds is 5. The lowest BCUT2D eigenvalue weighted by molar-refractivity contribution is -0.145. The predicted octanol–water partition coefficient (Wildman–Crippen LogP) is 3.90. The van der Waals surface area contributed by atoms with Crippen molar-refractivity contribution < 1.29 is 9.53 Å². The van der Waals surface area contributed by atoms with Crippen LogP contribution in [-0.2, 0) is 9.53 Å². The second-order valence-corrected chi connectivity index (χ2v) is 5.18. The van der Waals surface area contributed by atoms with Crippen LogP contribution in [0.3, 0.4) is 0 Å². The van der Waals surface area contributed by atoms with Gasteiger partial charge in [0.05, 0.1) is 12.5 Å². The molecule has 0 radical (unpaired) electrons. The van der Waals surface area contributed by atoms with Gasteiger partial charge in [-0.15, -0.1) is 0 Å². The first-order valence-corrected chi connectivity index (χ1v) is 6.77. The topological polar surface area (TPSA) is 26.3 Å². The SMILES string of the molecule is CCOC(=O)C(C)C1=CC=CC(CC(C)C)C=C1. The molecule has 1 aliphatic rings. The molecule has 0 saturated carbocycles. The van der Waals surface area contributed by atoms with E-state index in [9.17, 15) is 4.79 Å². The van der Waals surface area contributed by atoms with E-state index in [4.69, 9.17) is 4.74 Å². The first kappa shape index (κ1) is 14.7. The largest absolute Gasteiger partial charge is 0.466 e. The Labute approximate surface area is 110 Å². The Morgan fingerprint density at radius 3 is 2.67 bits per heavy atom. The second kappa shape index (κ2) is 7.20. The van der Waals surface area contributed by atoms with Gasteiger partial charge in [0, 0.05) is 0 Å². The fourth-order valence-corrected chi connectivity index (χ4v) is 2.06. The average Bonchev–Trinajstić information content (AvgIpc) is 2.53. The molecule has 0 N–H and O–H groups in total. The summed E-state index contributed by atoms with van der Waals surface area (Å²) in [7, 11) is 0. The molecule has 2 unspecified atom stereocenters. The lowest BCUT2D eigenvalue weighted by Gasteiger charge is -2.12. The third-order valence-corrected chi connectivity index (χ3v) is 3.07. The number of esters is 1. The Hall–Kier alpha value is -1.31. The van der Waals surface area contributed by atoms with Crippen molar-refractivity contribution in [1.29, 1.82) is 0 Å². The fourth-order valence-electron chi connectivity index (χ4n) is 2.06. The minimum absolute atomic E-state index is 0.149. The van der Waals surface area contributed by atoms with Crippen molar-refractivity contribution in [2.24, 2.45) is 17.8 Å². The van der Waals surface area contributed by atoms with E-state index in [1.54, 1.807) is 0 Å². The van der Waals surface area contributed by atoms with Crippen molar-refractivity contribution in [3.8, 4) is 0 Å². The summed E-state index contributed by atoms with van der Waals surface area (Å²) in [6, 6.07) is 0. The molecule has 0 bridgehead atoms. The van der Waals surface area contributed by atoms with Crippen LogP contribution in [0.15, 0.2) is 36.0 Å². The number of hydrogen-bond donors (Lipinski definition) is 0. The van der Waals surface area contributed by atoms with Gasteiger partial charge in [0.15, 0.2) is 0 Å². The van der Waals surface area contributed by atoms with Crippen LogP contribution in [0, 0.1) is 17.8 Å². The molecule has 0 aromatic rings. The standard InChI is InChI=1S/C16H24O2/c1-5-18-16(17)13(4)15-8-6-7-14(9-10-15)11-12(2)3/h6-10,12-14H,5,11H2,1-4H3. The monoisotopic (exact) mass is 248 g/mol. The number of carbonyl (C=O) groups excluding carboxylic acids is 1. The maximum Gasteiger partial charge on any atom is 0.313 e. The summed E-state index contributed by atoms with van der Waals surface area (Å²) in [5, 5.41) is 0. The minimum Gasteiger partial charge on any atom is -0.466 e. The van der Waals surface area contributed by atoms with Crippen molar-refractivity contribution in [3.05, 3.63) is 36.0 Å². The minimum atomic E-state index is -0.191. The molecule has 0 fully saturated rings. The Bertz CT molecular complexity index is 361. The Morgan fingerprint density at radius 1 is 1.33 bits per heavy atom. The van der Waals surface area contributed by atoms with Crippen molar-refractivity contribution in [1.82, 2.24) is 0 Å². The van der Waals surface area contributed by atoms with Crippen molar-refractivity contribution in [2.75, 3.05) is 6.61 Å². The fraction of sp³-hybridized carbons (Fsp3) is 0.562. The van der Waals surface area contributed by atoms with Gasteiger partial charge in [0.25, 0.3) is 0 Å². The highest BCUT2D eigenvalue weighted by molar-refractivity contribution is 5.76. The van der Waals surface area contributed by atoms with Crippen LogP contribution in [-0.4, -0.2) is 12.6 Å². The molecule has 0 saturated heterocycles. The second-order valence-electron chi connectivity index (χ2n) is 5.18. The summed E-state index contributed by atoms with van der Waals surface area (Å²) in [6.45, 7) is 8.61. The smallest absolute Gasteiger partial charge is 0.313 e. The van der Waals surface area contributed by atoms with Crippen LogP contribution >= 0.6 is 0 Å². The highest BCUT2D eigenvalue weighted by Gasteiger charge is 2.17. The van der Waals surface area contributed by atoms with Crippen LogP contribution < -0.4 is 0 Å². The molecule has 2 atom stereocenters. The third-order valence-electron chi connectivity index (χ3n) is 3.07. The molecule has 0 aromatic heterocycles. The van der Waals surface area contributed by atoms with Gasteiger partial charge in [-0.05, 0) is 37.7 Å². The molecular formula is C16H24O2. The first-order chi connectivity index (χ1) is 8.54. The van der Waals surface area contributed by atoms with Gasteiger partial charge < -0.3 is 4.74 Å². The van der Waals surface area contributed by atoms with E-state index in [1.807, 2.05) is 19.9 Å². The molecular weight excluding hydrogens is 224 g/mol. The molecule has 1 aliphatic carbocycles. The number of carbonyl (C=O) groups is 1. The maximum atomic E-state index is 11.7. The van der Waals surface area contributed by atoms with Gasteiger partial charge >= 0.3 is 5.97 Å². The van der Waals surface area contributed by atoms with Gasteiger partial charge in [0.2, 0.25) is 0 Å². The summed E-state index contributed by atoms with van der Waals surface area (Å²) in [5.74, 6) is 0.800. The van der Waals surface area contributed by atoms with Gasteiger partial charge in [0.1, 0.15) is 0 Å². The molecule has 0 amide bonds. The molecule has 100 valence electrons. The Morgan fingerprint density at radius 2 is 2.06 bits per heavy atom. The molecule has 2 nitrogen and oxygen atoms in total. The van der Waals surface area contributed by atoms with E-state index in [0.29, 0.717) is 18.4 Å². The number of allylic oxidation sites excluding steroid dienone is 5. The van der Waals surface area contributed by atoms with Gasteiger partial charge in [-0.2, -0.15) is 0 Å². The first-order valence-electron chi connectivity index (χ1n) is 6.77. The van der Waals surface area contributed by atoms with Crippen molar-refractivity contribution in [3.63, 3.8) is 0 Å². The zero-order chi connectivity index (χ0) is 13.5. The molecule has 1 rings (SSSR count). The van der Waals surface area contributed by atoms with E-state index in [2.05, 4.69) is 38.2 Å². The van der Waals surface area contributed by atoms with Gasteiger partial charge in [-0.3, -0.25) is 4.79 Å². The lowest BCUT2D eigenvalue weighted by Crippen LogP contribution is -2.16. The van der Waals surface area contributed by atoms with Gasteiger partial charge in [-0.1, -0.05) is 44.2 Å². The van der Waals surface area contributed by atoms with Gasteiger partial charge in [-0.25, -0.2) is 0 Å². The van der Waals surface area contributed by atoms with Crippen LogP contribution in [0.2, 0.25) is 0 Å². The molecule has 0 aliphatic heterocycles. The molecule has 2 heteroatoms. The number of ether oxygens (including phenoxy) is 1. The van der Waals surface area contributed by atoms with E-state index in [-0.39, 0.29) is 11.9 Å². The summed E-state index contributed by atoms with van der Waals surface area (Å²) in [4.78, 5) is 11.7. The highest BCUT2D eigenvalue weighted by atomic mass is 16.5. The van der Waals surface area contributed by atoms with E-state index < -0.39 is 0 Å². The van der Waals surface area contributed by atoms with E-state index in [0.717, 1.165) is 12.0 Å². The maximum absolute atomic E-state index is 11.7. The van der Waals surface area contributed by atoms with Crippen LogP contribution in [0.4, 0.5) is 0 Å². The number of hydrogen-bond acceptors (Lipinski definition) is 2. The molecule has 0 spiro atoms. The lowest BCUT2D eigenvalue weighted by atomic mass is 9.95.